The molecule has 1 aliphatic rings. The molecule has 1 aromatic rings. The third-order valence-corrected chi connectivity index (χ3v) is 4.00. The molecular formula is C16H26N2. The lowest BCUT2D eigenvalue weighted by Crippen LogP contribution is -2.28. The smallest absolute Gasteiger partial charge is 0.00193 e. The monoisotopic (exact) mass is 246 g/mol. The molecule has 1 heterocycles. The molecule has 2 rings (SSSR count). The Bertz CT molecular complexity index is 381. The van der Waals surface area contributed by atoms with Gasteiger partial charge in [-0.15, -0.1) is 0 Å². The molecular weight excluding hydrogens is 220 g/mol. The van der Waals surface area contributed by atoms with Gasteiger partial charge in [0.1, 0.15) is 0 Å². The van der Waals surface area contributed by atoms with Crippen molar-refractivity contribution in [1.82, 2.24) is 10.2 Å². The first-order valence-corrected chi connectivity index (χ1v) is 7.10. The maximum absolute atomic E-state index is 3.44. The predicted octanol–water partition coefficient (Wildman–Crippen LogP) is 2.39. The highest BCUT2D eigenvalue weighted by Crippen LogP contribution is 2.13. The van der Waals surface area contributed by atoms with Gasteiger partial charge in [-0.2, -0.15) is 0 Å². The number of benzene rings is 1. The summed E-state index contributed by atoms with van der Waals surface area (Å²) >= 11 is 0. The summed E-state index contributed by atoms with van der Waals surface area (Å²) in [7, 11) is 2.25. The van der Waals surface area contributed by atoms with Gasteiger partial charge in [-0.1, -0.05) is 23.8 Å². The third-order valence-electron chi connectivity index (χ3n) is 4.00. The van der Waals surface area contributed by atoms with E-state index in [2.05, 4.69) is 49.3 Å². The average Bonchev–Trinajstić information content (AvgIpc) is 2.83. The van der Waals surface area contributed by atoms with E-state index in [4.69, 9.17) is 0 Å². The number of nitrogens with one attached hydrogen (secondary N) is 1. The molecule has 1 aromatic carbocycles. The number of rotatable bonds is 5. The van der Waals surface area contributed by atoms with Crippen molar-refractivity contribution in [2.24, 2.45) is 5.92 Å². The first-order valence-electron chi connectivity index (χ1n) is 7.10. The molecule has 100 valence electrons. The van der Waals surface area contributed by atoms with Crippen molar-refractivity contribution in [2.45, 2.75) is 26.7 Å². The molecule has 0 aromatic heterocycles. The Morgan fingerprint density at radius 3 is 2.89 bits per heavy atom. The molecule has 1 atom stereocenters. The van der Waals surface area contributed by atoms with Crippen LogP contribution >= 0.6 is 0 Å². The Labute approximate surface area is 111 Å². The second-order valence-electron chi connectivity index (χ2n) is 5.80. The average molecular weight is 246 g/mol. The molecule has 0 bridgehead atoms. The largest absolute Gasteiger partial charge is 0.316 e. The van der Waals surface area contributed by atoms with E-state index in [1.54, 1.807) is 0 Å². The van der Waals surface area contributed by atoms with Gasteiger partial charge in [-0.05, 0) is 63.9 Å². The number of nitrogens with zero attached hydrogens (tertiary/aromatic N) is 1. The van der Waals surface area contributed by atoms with Gasteiger partial charge >= 0.3 is 0 Å². The van der Waals surface area contributed by atoms with Crippen molar-refractivity contribution in [1.29, 1.82) is 0 Å². The van der Waals surface area contributed by atoms with Crippen LogP contribution < -0.4 is 5.32 Å². The molecule has 1 fully saturated rings. The lowest BCUT2D eigenvalue weighted by molar-refractivity contribution is 0.288. The van der Waals surface area contributed by atoms with Gasteiger partial charge in [-0.3, -0.25) is 0 Å². The SMILES string of the molecule is Cc1ccc(C)c(CCN(C)CC2CCNC2)c1. The van der Waals surface area contributed by atoms with E-state index in [0.717, 1.165) is 5.92 Å². The zero-order valence-electron chi connectivity index (χ0n) is 12.0. The van der Waals surface area contributed by atoms with E-state index < -0.39 is 0 Å². The molecule has 0 radical (unpaired) electrons. The van der Waals surface area contributed by atoms with Crippen molar-refractivity contribution in [3.63, 3.8) is 0 Å². The molecule has 1 saturated heterocycles. The molecule has 2 heteroatoms. The summed E-state index contributed by atoms with van der Waals surface area (Å²) in [5, 5.41) is 3.44. The normalized spacial score (nSPS) is 19.7. The van der Waals surface area contributed by atoms with Crippen LogP contribution in [0.1, 0.15) is 23.1 Å². The first-order chi connectivity index (χ1) is 8.65. The van der Waals surface area contributed by atoms with Crippen LogP contribution in [0.2, 0.25) is 0 Å². The van der Waals surface area contributed by atoms with E-state index >= 15 is 0 Å². The summed E-state index contributed by atoms with van der Waals surface area (Å²) < 4.78 is 0. The fourth-order valence-electron chi connectivity index (χ4n) is 2.78. The van der Waals surface area contributed by atoms with Crippen LogP contribution in [0.4, 0.5) is 0 Å². The Morgan fingerprint density at radius 1 is 1.33 bits per heavy atom. The van der Waals surface area contributed by atoms with Crippen LogP contribution in [0.5, 0.6) is 0 Å². The summed E-state index contributed by atoms with van der Waals surface area (Å²) in [4.78, 5) is 2.49. The second kappa shape index (κ2) is 6.35. The van der Waals surface area contributed by atoms with Crippen molar-refractivity contribution < 1.29 is 0 Å². The summed E-state index contributed by atoms with van der Waals surface area (Å²) in [5.74, 6) is 0.855. The van der Waals surface area contributed by atoms with Gasteiger partial charge in [-0.25, -0.2) is 0 Å². The zero-order chi connectivity index (χ0) is 13.0. The van der Waals surface area contributed by atoms with E-state index in [1.165, 1.54) is 55.7 Å². The van der Waals surface area contributed by atoms with Crippen molar-refractivity contribution in [3.8, 4) is 0 Å². The third kappa shape index (κ3) is 3.82. The minimum Gasteiger partial charge on any atom is -0.316 e. The Hall–Kier alpha value is -0.860. The Balaban J connectivity index is 1.81. The first kappa shape index (κ1) is 13.6. The fourth-order valence-corrected chi connectivity index (χ4v) is 2.78. The van der Waals surface area contributed by atoms with Crippen LogP contribution in [-0.2, 0) is 6.42 Å². The second-order valence-corrected chi connectivity index (χ2v) is 5.80. The van der Waals surface area contributed by atoms with E-state index in [1.807, 2.05) is 0 Å². The summed E-state index contributed by atoms with van der Waals surface area (Å²) in [6.45, 7) is 9.20. The lowest BCUT2D eigenvalue weighted by atomic mass is 10.0. The standard InChI is InChI=1S/C16H26N2/c1-13-4-5-14(2)16(10-13)7-9-18(3)12-15-6-8-17-11-15/h4-5,10,15,17H,6-9,11-12H2,1-3H3. The molecule has 1 N–H and O–H groups in total. The van der Waals surface area contributed by atoms with Gasteiger partial charge < -0.3 is 10.2 Å². The van der Waals surface area contributed by atoms with Crippen molar-refractivity contribution in [2.75, 3.05) is 33.2 Å². The van der Waals surface area contributed by atoms with E-state index in [9.17, 15) is 0 Å². The van der Waals surface area contributed by atoms with Gasteiger partial charge in [0.15, 0.2) is 0 Å². The van der Waals surface area contributed by atoms with Crippen LogP contribution in [0.25, 0.3) is 0 Å². The number of likely N-dealkylation sites (N-methyl/N-ethyl adjacent to an activating group) is 1. The molecule has 18 heavy (non-hydrogen) atoms. The number of hydrogen-bond donors (Lipinski definition) is 1. The van der Waals surface area contributed by atoms with Gasteiger partial charge in [0.25, 0.3) is 0 Å². The van der Waals surface area contributed by atoms with Gasteiger partial charge in [0, 0.05) is 13.1 Å². The lowest BCUT2D eigenvalue weighted by Gasteiger charge is -2.20. The minimum atomic E-state index is 0.855. The van der Waals surface area contributed by atoms with Crippen LogP contribution in [0.15, 0.2) is 18.2 Å². The number of aryl methyl sites for hydroxylation is 2. The van der Waals surface area contributed by atoms with E-state index in [0.29, 0.717) is 0 Å². The summed E-state index contributed by atoms with van der Waals surface area (Å²) in [6.07, 6.45) is 2.51. The topological polar surface area (TPSA) is 15.3 Å². The minimum absolute atomic E-state index is 0.855. The predicted molar refractivity (Wildman–Crippen MR) is 78.1 cm³/mol. The van der Waals surface area contributed by atoms with Crippen LogP contribution in [-0.4, -0.2) is 38.1 Å². The maximum atomic E-state index is 3.44. The highest BCUT2D eigenvalue weighted by Gasteiger charge is 2.16. The van der Waals surface area contributed by atoms with Crippen LogP contribution in [0.3, 0.4) is 0 Å². The summed E-state index contributed by atoms with van der Waals surface area (Å²) in [5.41, 5.74) is 4.31. The Morgan fingerprint density at radius 2 is 2.17 bits per heavy atom. The molecule has 1 unspecified atom stereocenters. The maximum Gasteiger partial charge on any atom is 0.00193 e. The molecule has 0 spiro atoms. The van der Waals surface area contributed by atoms with E-state index in [-0.39, 0.29) is 0 Å². The van der Waals surface area contributed by atoms with Crippen molar-refractivity contribution in [3.05, 3.63) is 34.9 Å². The molecule has 0 saturated carbocycles. The van der Waals surface area contributed by atoms with Gasteiger partial charge in [0.2, 0.25) is 0 Å². The van der Waals surface area contributed by atoms with Gasteiger partial charge in [0.05, 0.1) is 0 Å². The molecule has 0 aliphatic carbocycles. The van der Waals surface area contributed by atoms with Crippen LogP contribution in [0, 0.1) is 19.8 Å². The highest BCUT2D eigenvalue weighted by atomic mass is 15.1. The quantitative estimate of drug-likeness (QED) is 0.858. The molecule has 0 amide bonds. The number of hydrogen-bond acceptors (Lipinski definition) is 2. The highest BCUT2D eigenvalue weighted by molar-refractivity contribution is 5.30. The molecule has 1 aliphatic heterocycles. The fraction of sp³-hybridized carbons (Fsp3) is 0.625. The summed E-state index contributed by atoms with van der Waals surface area (Å²) in [6, 6.07) is 6.78. The zero-order valence-corrected chi connectivity index (χ0v) is 12.0. The molecule has 2 nitrogen and oxygen atoms in total. The Kier molecular flexibility index (Phi) is 4.79. The van der Waals surface area contributed by atoms with Crippen molar-refractivity contribution >= 4 is 0 Å².